The molecule has 0 radical (unpaired) electrons. The molecule has 1 unspecified atom stereocenters. The zero-order valence-electron chi connectivity index (χ0n) is 12.5. The molecule has 4 N–H and O–H groups in total. The first-order chi connectivity index (χ1) is 9.42. The van der Waals surface area contributed by atoms with E-state index in [0.717, 1.165) is 18.5 Å². The third kappa shape index (κ3) is 3.28. The van der Waals surface area contributed by atoms with Crippen LogP contribution in [-0.4, -0.2) is 16.9 Å². The second-order valence-electron chi connectivity index (χ2n) is 6.29. The fourth-order valence-corrected chi connectivity index (χ4v) is 2.88. The number of rotatable bonds is 3. The molecule has 0 saturated heterocycles. The molecule has 1 aromatic heterocycles. The summed E-state index contributed by atoms with van der Waals surface area (Å²) < 4.78 is 0. The number of pyridine rings is 1. The van der Waals surface area contributed by atoms with Crippen LogP contribution in [0.2, 0.25) is 0 Å². The van der Waals surface area contributed by atoms with Crippen LogP contribution in [0.15, 0.2) is 12.1 Å². The van der Waals surface area contributed by atoms with Crippen LogP contribution in [0.5, 0.6) is 0 Å². The van der Waals surface area contributed by atoms with Gasteiger partial charge in [0.2, 0.25) is 0 Å². The number of hydrogen-bond donors (Lipinski definition) is 3. The number of carbonyl (C=O) groups excluding carboxylic acids is 1. The number of nitrogens with two attached hydrogens (primary N) is 1. The van der Waals surface area contributed by atoms with E-state index in [-0.39, 0.29) is 17.4 Å². The molecular formula is C15H24N4O. The van der Waals surface area contributed by atoms with Gasteiger partial charge in [0.05, 0.1) is 0 Å². The SMILES string of the molecule is Cc1cc(C(=O)NC2CCCCC2(C)C)cc(NN)n1. The lowest BCUT2D eigenvalue weighted by Gasteiger charge is -2.39. The number of anilines is 1. The molecule has 0 aliphatic heterocycles. The summed E-state index contributed by atoms with van der Waals surface area (Å²) >= 11 is 0. The summed E-state index contributed by atoms with van der Waals surface area (Å²) in [5.41, 5.74) is 4.02. The highest BCUT2D eigenvalue weighted by atomic mass is 16.1. The van der Waals surface area contributed by atoms with Crippen LogP contribution in [0.25, 0.3) is 0 Å². The minimum atomic E-state index is -0.0491. The molecule has 1 amide bonds. The minimum Gasteiger partial charge on any atom is -0.349 e. The zero-order chi connectivity index (χ0) is 14.8. The van der Waals surface area contributed by atoms with E-state index in [9.17, 15) is 4.79 Å². The van der Waals surface area contributed by atoms with Crippen LogP contribution in [0.3, 0.4) is 0 Å². The molecule has 2 rings (SSSR count). The Balaban J connectivity index is 2.13. The van der Waals surface area contributed by atoms with E-state index in [1.165, 1.54) is 12.8 Å². The Morgan fingerprint density at radius 2 is 2.15 bits per heavy atom. The van der Waals surface area contributed by atoms with Crippen LogP contribution in [-0.2, 0) is 0 Å². The Hall–Kier alpha value is -1.62. The predicted molar refractivity (Wildman–Crippen MR) is 80.3 cm³/mol. The third-order valence-electron chi connectivity index (χ3n) is 4.18. The molecule has 1 aliphatic carbocycles. The first-order valence-electron chi connectivity index (χ1n) is 7.18. The molecule has 5 nitrogen and oxygen atoms in total. The highest BCUT2D eigenvalue weighted by Crippen LogP contribution is 2.35. The lowest BCUT2D eigenvalue weighted by Crippen LogP contribution is -2.46. The number of carbonyl (C=O) groups is 1. The molecular weight excluding hydrogens is 252 g/mol. The normalized spacial score (nSPS) is 21.3. The van der Waals surface area contributed by atoms with Gasteiger partial charge < -0.3 is 10.7 Å². The van der Waals surface area contributed by atoms with E-state index in [2.05, 4.69) is 29.6 Å². The van der Waals surface area contributed by atoms with Crippen LogP contribution >= 0.6 is 0 Å². The third-order valence-corrected chi connectivity index (χ3v) is 4.18. The summed E-state index contributed by atoms with van der Waals surface area (Å²) in [5, 5.41) is 3.17. The summed E-state index contributed by atoms with van der Waals surface area (Å²) in [4.78, 5) is 16.6. The lowest BCUT2D eigenvalue weighted by molar-refractivity contribution is 0.0853. The molecule has 5 heteroatoms. The Labute approximate surface area is 120 Å². The van der Waals surface area contributed by atoms with Gasteiger partial charge in [-0.05, 0) is 37.3 Å². The van der Waals surface area contributed by atoms with Gasteiger partial charge in [-0.25, -0.2) is 10.8 Å². The molecule has 0 bridgehead atoms. The van der Waals surface area contributed by atoms with Crippen molar-refractivity contribution in [1.82, 2.24) is 10.3 Å². The topological polar surface area (TPSA) is 80.0 Å². The average molecular weight is 276 g/mol. The van der Waals surface area contributed by atoms with Crippen molar-refractivity contribution in [1.29, 1.82) is 0 Å². The zero-order valence-corrected chi connectivity index (χ0v) is 12.5. The summed E-state index contributed by atoms with van der Waals surface area (Å²) in [5.74, 6) is 5.83. The summed E-state index contributed by atoms with van der Waals surface area (Å²) in [6, 6.07) is 3.69. The van der Waals surface area contributed by atoms with Crippen LogP contribution in [0.1, 0.15) is 55.6 Å². The van der Waals surface area contributed by atoms with Crippen molar-refractivity contribution in [2.24, 2.45) is 11.3 Å². The maximum atomic E-state index is 12.4. The number of nitrogen functional groups attached to an aromatic ring is 1. The maximum Gasteiger partial charge on any atom is 0.251 e. The molecule has 1 atom stereocenters. The Morgan fingerprint density at radius 1 is 1.40 bits per heavy atom. The van der Waals surface area contributed by atoms with Crippen LogP contribution in [0.4, 0.5) is 5.82 Å². The number of hydrazine groups is 1. The lowest BCUT2D eigenvalue weighted by atomic mass is 9.73. The van der Waals surface area contributed by atoms with E-state index in [4.69, 9.17) is 5.84 Å². The van der Waals surface area contributed by atoms with E-state index >= 15 is 0 Å². The van der Waals surface area contributed by atoms with E-state index in [0.29, 0.717) is 11.4 Å². The van der Waals surface area contributed by atoms with Crippen molar-refractivity contribution in [3.63, 3.8) is 0 Å². The summed E-state index contributed by atoms with van der Waals surface area (Å²) in [6.45, 7) is 6.30. The molecule has 1 heterocycles. The van der Waals surface area contributed by atoms with Crippen molar-refractivity contribution < 1.29 is 4.79 Å². The number of amides is 1. The van der Waals surface area contributed by atoms with Gasteiger partial charge in [-0.2, -0.15) is 0 Å². The first-order valence-corrected chi connectivity index (χ1v) is 7.18. The Bertz CT molecular complexity index is 499. The number of aromatic nitrogens is 1. The van der Waals surface area contributed by atoms with E-state index in [1.54, 1.807) is 12.1 Å². The van der Waals surface area contributed by atoms with Crippen LogP contribution in [0, 0.1) is 12.3 Å². The van der Waals surface area contributed by atoms with Crippen molar-refractivity contribution in [3.05, 3.63) is 23.4 Å². The number of hydrogen-bond acceptors (Lipinski definition) is 4. The highest BCUT2D eigenvalue weighted by molar-refractivity contribution is 5.95. The first kappa shape index (κ1) is 14.8. The molecule has 1 fully saturated rings. The molecule has 1 aliphatic rings. The quantitative estimate of drug-likeness (QED) is 0.585. The number of nitrogens with zero attached hydrogens (tertiary/aromatic N) is 1. The van der Waals surface area contributed by atoms with Gasteiger partial charge >= 0.3 is 0 Å². The minimum absolute atomic E-state index is 0.0491. The van der Waals surface area contributed by atoms with Gasteiger partial charge in [0.15, 0.2) is 0 Å². The largest absolute Gasteiger partial charge is 0.349 e. The van der Waals surface area contributed by atoms with Crippen LogP contribution < -0.4 is 16.6 Å². The summed E-state index contributed by atoms with van der Waals surface area (Å²) in [6.07, 6.45) is 4.63. The van der Waals surface area contributed by atoms with Gasteiger partial charge in [-0.3, -0.25) is 4.79 Å². The molecule has 1 saturated carbocycles. The maximum absolute atomic E-state index is 12.4. The standard InChI is InChI=1S/C15H24N4O/c1-10-8-11(9-13(17-10)19-16)14(20)18-12-6-4-5-7-15(12,2)3/h8-9,12H,4-7,16H2,1-3H3,(H,17,19)(H,18,20). The van der Waals surface area contributed by atoms with Gasteiger partial charge in [0.1, 0.15) is 5.82 Å². The Morgan fingerprint density at radius 3 is 2.80 bits per heavy atom. The van der Waals surface area contributed by atoms with Crippen molar-refractivity contribution >= 4 is 11.7 Å². The van der Waals surface area contributed by atoms with Gasteiger partial charge in [0.25, 0.3) is 5.91 Å². The van der Waals surface area contributed by atoms with E-state index in [1.807, 2.05) is 6.92 Å². The van der Waals surface area contributed by atoms with Gasteiger partial charge in [0, 0.05) is 17.3 Å². The predicted octanol–water partition coefficient (Wildman–Crippen LogP) is 2.37. The fourth-order valence-electron chi connectivity index (χ4n) is 2.88. The van der Waals surface area contributed by atoms with Crippen molar-refractivity contribution in [3.8, 4) is 0 Å². The van der Waals surface area contributed by atoms with Crippen molar-refractivity contribution in [2.45, 2.75) is 52.5 Å². The summed E-state index contributed by atoms with van der Waals surface area (Å²) in [7, 11) is 0. The molecule has 0 spiro atoms. The van der Waals surface area contributed by atoms with Gasteiger partial charge in [-0.1, -0.05) is 26.7 Å². The molecule has 110 valence electrons. The molecule has 0 aromatic carbocycles. The second kappa shape index (κ2) is 5.79. The highest BCUT2D eigenvalue weighted by Gasteiger charge is 2.33. The monoisotopic (exact) mass is 276 g/mol. The second-order valence-corrected chi connectivity index (χ2v) is 6.29. The van der Waals surface area contributed by atoms with E-state index < -0.39 is 0 Å². The molecule has 20 heavy (non-hydrogen) atoms. The van der Waals surface area contributed by atoms with Crippen molar-refractivity contribution in [2.75, 3.05) is 5.43 Å². The molecule has 1 aromatic rings. The Kier molecular flexibility index (Phi) is 4.28. The number of aryl methyl sites for hydroxylation is 1. The fraction of sp³-hybridized carbons (Fsp3) is 0.600. The number of nitrogens with one attached hydrogen (secondary N) is 2. The average Bonchev–Trinajstić information content (AvgIpc) is 2.40. The van der Waals surface area contributed by atoms with Gasteiger partial charge in [-0.15, -0.1) is 0 Å². The smallest absolute Gasteiger partial charge is 0.251 e.